The molecule has 0 radical (unpaired) electrons. The Labute approximate surface area is 111 Å². The molecule has 2 nitrogen and oxygen atoms in total. The van der Waals surface area contributed by atoms with Crippen molar-refractivity contribution in [3.63, 3.8) is 0 Å². The minimum Gasteiger partial charge on any atom is -0.394 e. The summed E-state index contributed by atoms with van der Waals surface area (Å²) < 4.78 is 13.4. The molecule has 0 saturated carbocycles. The normalized spacial score (nSPS) is 14.7. The van der Waals surface area contributed by atoms with Gasteiger partial charge in [0, 0.05) is 5.02 Å². The van der Waals surface area contributed by atoms with E-state index in [-0.39, 0.29) is 11.6 Å². The Morgan fingerprint density at radius 1 is 1.35 bits per heavy atom. The lowest BCUT2D eigenvalue weighted by atomic mass is 9.92. The van der Waals surface area contributed by atoms with E-state index in [4.69, 9.17) is 23.2 Å². The second kappa shape index (κ2) is 6.01. The second-order valence-electron chi connectivity index (χ2n) is 4.16. The van der Waals surface area contributed by atoms with Gasteiger partial charge in [0.1, 0.15) is 5.82 Å². The summed E-state index contributed by atoms with van der Waals surface area (Å²) >= 11 is 11.7. The predicted molar refractivity (Wildman–Crippen MR) is 69.2 cm³/mol. The van der Waals surface area contributed by atoms with Gasteiger partial charge in [0.15, 0.2) is 0 Å². The lowest BCUT2D eigenvalue weighted by Crippen LogP contribution is -2.43. The van der Waals surface area contributed by atoms with E-state index < -0.39 is 11.4 Å². The van der Waals surface area contributed by atoms with Crippen LogP contribution in [0.3, 0.4) is 0 Å². The number of hydrogen-bond donors (Lipinski definition) is 2. The second-order valence-corrected chi connectivity index (χ2v) is 4.98. The molecule has 0 aromatic heterocycles. The van der Waals surface area contributed by atoms with Gasteiger partial charge in [0.2, 0.25) is 0 Å². The average molecular weight is 280 g/mol. The molecule has 5 heteroatoms. The standard InChI is InChI=1S/C12H16Cl2FNO/c1-3-4-16-12(2,7-17)8-5-11(15)10(14)6-9(8)13/h5-6,16-17H,3-4,7H2,1-2H3. The van der Waals surface area contributed by atoms with Gasteiger partial charge in [0.25, 0.3) is 0 Å². The van der Waals surface area contributed by atoms with E-state index in [1.165, 1.54) is 12.1 Å². The minimum absolute atomic E-state index is 0.0190. The molecule has 0 amide bonds. The lowest BCUT2D eigenvalue weighted by molar-refractivity contribution is 0.175. The van der Waals surface area contributed by atoms with Crippen LogP contribution in [-0.4, -0.2) is 18.3 Å². The van der Waals surface area contributed by atoms with E-state index in [0.717, 1.165) is 6.42 Å². The van der Waals surface area contributed by atoms with Crippen LogP contribution in [0, 0.1) is 5.82 Å². The van der Waals surface area contributed by atoms with Crippen LogP contribution in [0.25, 0.3) is 0 Å². The van der Waals surface area contributed by atoms with Gasteiger partial charge in [-0.15, -0.1) is 0 Å². The SMILES string of the molecule is CCCNC(C)(CO)c1cc(F)c(Cl)cc1Cl. The summed E-state index contributed by atoms with van der Waals surface area (Å²) in [6.45, 7) is 4.32. The van der Waals surface area contributed by atoms with Crippen molar-refractivity contribution in [3.05, 3.63) is 33.6 Å². The summed E-state index contributed by atoms with van der Waals surface area (Å²) in [5.41, 5.74) is -0.254. The summed E-state index contributed by atoms with van der Waals surface area (Å²) in [7, 11) is 0. The monoisotopic (exact) mass is 279 g/mol. The summed E-state index contributed by atoms with van der Waals surface area (Å²) in [5, 5.41) is 13.0. The van der Waals surface area contributed by atoms with Gasteiger partial charge in [-0.25, -0.2) is 4.39 Å². The maximum atomic E-state index is 13.4. The van der Waals surface area contributed by atoms with Gasteiger partial charge in [-0.05, 0) is 37.6 Å². The van der Waals surface area contributed by atoms with Crippen molar-refractivity contribution in [1.29, 1.82) is 0 Å². The third kappa shape index (κ3) is 3.32. The van der Waals surface area contributed by atoms with Gasteiger partial charge >= 0.3 is 0 Å². The molecule has 17 heavy (non-hydrogen) atoms. The lowest BCUT2D eigenvalue weighted by Gasteiger charge is -2.30. The van der Waals surface area contributed by atoms with Crippen LogP contribution in [0.2, 0.25) is 10.0 Å². The fourth-order valence-electron chi connectivity index (χ4n) is 1.58. The summed E-state index contributed by atoms with van der Waals surface area (Å²) in [4.78, 5) is 0. The maximum Gasteiger partial charge on any atom is 0.142 e. The third-order valence-electron chi connectivity index (χ3n) is 2.69. The number of hydrogen-bond acceptors (Lipinski definition) is 2. The van der Waals surface area contributed by atoms with Crippen molar-refractivity contribution >= 4 is 23.2 Å². The van der Waals surface area contributed by atoms with Crippen LogP contribution in [0.15, 0.2) is 12.1 Å². The molecule has 1 rings (SSSR count). The van der Waals surface area contributed by atoms with E-state index in [0.29, 0.717) is 17.1 Å². The molecule has 0 bridgehead atoms. The highest BCUT2D eigenvalue weighted by Gasteiger charge is 2.28. The van der Waals surface area contributed by atoms with Gasteiger partial charge in [0.05, 0.1) is 17.2 Å². The summed E-state index contributed by atoms with van der Waals surface area (Å²) in [6, 6.07) is 2.62. The van der Waals surface area contributed by atoms with E-state index in [2.05, 4.69) is 5.32 Å². The van der Waals surface area contributed by atoms with Crippen molar-refractivity contribution < 1.29 is 9.50 Å². The predicted octanol–water partition coefficient (Wildman–Crippen LogP) is 3.34. The number of nitrogens with one attached hydrogen (secondary N) is 1. The first-order valence-electron chi connectivity index (χ1n) is 5.45. The largest absolute Gasteiger partial charge is 0.394 e. The van der Waals surface area contributed by atoms with Gasteiger partial charge in [-0.2, -0.15) is 0 Å². The molecule has 1 atom stereocenters. The molecule has 2 N–H and O–H groups in total. The number of aliphatic hydroxyl groups is 1. The van der Waals surface area contributed by atoms with E-state index >= 15 is 0 Å². The molecule has 1 aromatic rings. The average Bonchev–Trinajstić information content (AvgIpc) is 2.31. The third-order valence-corrected chi connectivity index (χ3v) is 3.29. The fourth-order valence-corrected chi connectivity index (χ4v) is 2.17. The van der Waals surface area contributed by atoms with Gasteiger partial charge in [-0.1, -0.05) is 30.1 Å². The maximum absolute atomic E-state index is 13.4. The van der Waals surface area contributed by atoms with Gasteiger partial charge in [-0.3, -0.25) is 0 Å². The molecule has 96 valence electrons. The topological polar surface area (TPSA) is 32.3 Å². The molecule has 1 aromatic carbocycles. The first kappa shape index (κ1) is 14.7. The molecular weight excluding hydrogens is 264 g/mol. The molecule has 0 fully saturated rings. The first-order valence-corrected chi connectivity index (χ1v) is 6.21. The van der Waals surface area contributed by atoms with Crippen molar-refractivity contribution in [2.75, 3.05) is 13.2 Å². The Balaban J connectivity index is 3.15. The molecule has 1 unspecified atom stereocenters. The molecule has 0 aliphatic carbocycles. The Bertz CT molecular complexity index is 400. The van der Waals surface area contributed by atoms with Gasteiger partial charge < -0.3 is 10.4 Å². The number of halogens is 3. The number of rotatable bonds is 5. The van der Waals surface area contributed by atoms with Crippen molar-refractivity contribution in [2.24, 2.45) is 0 Å². The minimum atomic E-state index is -0.765. The Morgan fingerprint density at radius 3 is 2.53 bits per heavy atom. The Kier molecular flexibility index (Phi) is 5.20. The van der Waals surface area contributed by atoms with E-state index in [9.17, 15) is 9.50 Å². The van der Waals surface area contributed by atoms with E-state index in [1.807, 2.05) is 6.92 Å². The van der Waals surface area contributed by atoms with Crippen molar-refractivity contribution in [3.8, 4) is 0 Å². The Hall–Kier alpha value is -0.350. The van der Waals surface area contributed by atoms with Crippen LogP contribution in [0.5, 0.6) is 0 Å². The van der Waals surface area contributed by atoms with Crippen LogP contribution < -0.4 is 5.32 Å². The highest BCUT2D eigenvalue weighted by atomic mass is 35.5. The molecule has 0 heterocycles. The van der Waals surface area contributed by atoms with Crippen LogP contribution in [-0.2, 0) is 5.54 Å². The van der Waals surface area contributed by atoms with Crippen molar-refractivity contribution in [1.82, 2.24) is 5.32 Å². The molecule has 0 aliphatic rings. The first-order chi connectivity index (χ1) is 7.94. The zero-order valence-electron chi connectivity index (χ0n) is 9.86. The molecular formula is C12H16Cl2FNO. The number of aliphatic hydroxyl groups excluding tert-OH is 1. The van der Waals surface area contributed by atoms with E-state index in [1.54, 1.807) is 6.92 Å². The summed E-state index contributed by atoms with van der Waals surface area (Å²) in [6.07, 6.45) is 0.906. The summed E-state index contributed by atoms with van der Waals surface area (Å²) in [5.74, 6) is -0.538. The fraction of sp³-hybridized carbons (Fsp3) is 0.500. The van der Waals surface area contributed by atoms with Crippen molar-refractivity contribution in [2.45, 2.75) is 25.8 Å². The van der Waals surface area contributed by atoms with Crippen LogP contribution >= 0.6 is 23.2 Å². The van der Waals surface area contributed by atoms with Crippen LogP contribution in [0.4, 0.5) is 4.39 Å². The quantitative estimate of drug-likeness (QED) is 0.811. The highest BCUT2D eigenvalue weighted by Crippen LogP contribution is 2.32. The zero-order chi connectivity index (χ0) is 13.1. The molecule has 0 saturated heterocycles. The van der Waals surface area contributed by atoms with Crippen LogP contribution in [0.1, 0.15) is 25.8 Å². The number of benzene rings is 1. The molecule has 0 aliphatic heterocycles. The zero-order valence-corrected chi connectivity index (χ0v) is 11.4. The molecule has 0 spiro atoms. The Morgan fingerprint density at radius 2 is 2.00 bits per heavy atom. The highest BCUT2D eigenvalue weighted by molar-refractivity contribution is 6.35. The smallest absolute Gasteiger partial charge is 0.142 e.